The molecule has 0 amide bonds. The van der Waals surface area contributed by atoms with Crippen LogP contribution < -0.4 is 5.46 Å². The van der Waals surface area contributed by atoms with E-state index in [1.165, 1.54) is 27.8 Å². The molecule has 0 unspecified atom stereocenters. The standard InChI is InChI=1S/C18H15N.C12H11BO2.C6H6BrN/c1-14-7-6-12-19-18(14)17-11-5-10-16(13-17)15-8-3-2-4-9-15;14-13(15)12-8-4-7-11(9-12)10-5-2-1-3-6-10;1-5-3-2-4-8-6(5)7/h2-13H,1H3;1-9,14-15H;2-4H,1H3. The van der Waals surface area contributed by atoms with E-state index in [1.807, 2.05) is 79.9 Å². The van der Waals surface area contributed by atoms with Crippen molar-refractivity contribution < 1.29 is 10.0 Å². The molecule has 2 heterocycles. The molecule has 0 atom stereocenters. The van der Waals surface area contributed by atoms with Gasteiger partial charge in [-0.3, -0.25) is 4.98 Å². The van der Waals surface area contributed by atoms with Crippen molar-refractivity contribution in [1.29, 1.82) is 0 Å². The van der Waals surface area contributed by atoms with Crippen LogP contribution in [0.15, 0.2) is 150 Å². The van der Waals surface area contributed by atoms with Crippen LogP contribution >= 0.6 is 15.9 Å². The molecule has 0 saturated carbocycles. The van der Waals surface area contributed by atoms with Crippen LogP contribution in [0.2, 0.25) is 0 Å². The average molecular weight is 615 g/mol. The van der Waals surface area contributed by atoms with E-state index in [0.717, 1.165) is 21.4 Å². The second-order valence-electron chi connectivity index (χ2n) is 9.59. The molecule has 0 radical (unpaired) electrons. The Balaban J connectivity index is 0.000000157. The van der Waals surface area contributed by atoms with Crippen LogP contribution in [0.4, 0.5) is 0 Å². The van der Waals surface area contributed by atoms with Crippen LogP contribution in [0, 0.1) is 13.8 Å². The summed E-state index contributed by atoms with van der Waals surface area (Å²) in [6, 6.07) is 44.0. The van der Waals surface area contributed by atoms with Gasteiger partial charge in [-0.1, -0.05) is 115 Å². The summed E-state index contributed by atoms with van der Waals surface area (Å²) in [4.78, 5) is 8.48. The zero-order valence-corrected chi connectivity index (χ0v) is 25.2. The molecule has 2 N–H and O–H groups in total. The fraction of sp³-hybridized carbons (Fsp3) is 0.0556. The maximum Gasteiger partial charge on any atom is 0.488 e. The van der Waals surface area contributed by atoms with E-state index in [9.17, 15) is 0 Å². The number of pyridine rings is 2. The van der Waals surface area contributed by atoms with Crippen molar-refractivity contribution in [2.45, 2.75) is 13.8 Å². The van der Waals surface area contributed by atoms with Gasteiger partial charge in [-0.2, -0.15) is 0 Å². The molecule has 0 aliphatic rings. The fourth-order valence-electron chi connectivity index (χ4n) is 4.24. The van der Waals surface area contributed by atoms with Gasteiger partial charge in [-0.25, -0.2) is 4.98 Å². The number of aromatic nitrogens is 2. The van der Waals surface area contributed by atoms with Gasteiger partial charge in [0.05, 0.1) is 5.69 Å². The smallest absolute Gasteiger partial charge is 0.423 e. The Hall–Kier alpha value is -4.36. The van der Waals surface area contributed by atoms with Crippen LogP contribution in [0.25, 0.3) is 33.5 Å². The summed E-state index contributed by atoms with van der Waals surface area (Å²) in [6.07, 6.45) is 3.61. The maximum atomic E-state index is 9.05. The molecule has 0 bridgehead atoms. The number of benzene rings is 4. The molecule has 0 saturated heterocycles. The molecular formula is C36H32BBrN2O2. The first-order valence-corrected chi connectivity index (χ1v) is 14.4. The number of nitrogens with zero attached hydrogens (tertiary/aromatic N) is 2. The van der Waals surface area contributed by atoms with Crippen LogP contribution in [-0.2, 0) is 0 Å². The highest BCUT2D eigenvalue weighted by molar-refractivity contribution is 9.10. The third-order valence-electron chi connectivity index (χ3n) is 6.49. The van der Waals surface area contributed by atoms with E-state index in [1.54, 1.807) is 18.3 Å². The normalized spacial score (nSPS) is 10.0. The number of hydrogen-bond donors (Lipinski definition) is 2. The molecule has 0 spiro atoms. The van der Waals surface area contributed by atoms with Gasteiger partial charge in [-0.15, -0.1) is 0 Å². The minimum atomic E-state index is -1.41. The van der Waals surface area contributed by atoms with Gasteiger partial charge in [0.25, 0.3) is 0 Å². The molecule has 4 aromatic carbocycles. The summed E-state index contributed by atoms with van der Waals surface area (Å²) in [5, 5.41) is 18.1. The van der Waals surface area contributed by atoms with Gasteiger partial charge in [0, 0.05) is 18.0 Å². The van der Waals surface area contributed by atoms with Crippen molar-refractivity contribution in [3.05, 3.63) is 162 Å². The van der Waals surface area contributed by atoms with Crippen molar-refractivity contribution in [3.63, 3.8) is 0 Å². The maximum absolute atomic E-state index is 9.05. The van der Waals surface area contributed by atoms with Crippen molar-refractivity contribution in [3.8, 4) is 33.5 Å². The van der Waals surface area contributed by atoms with Gasteiger partial charge in [-0.05, 0) is 86.8 Å². The van der Waals surface area contributed by atoms with Gasteiger partial charge in [0.2, 0.25) is 0 Å². The number of halogens is 1. The van der Waals surface area contributed by atoms with E-state index in [0.29, 0.717) is 5.46 Å². The van der Waals surface area contributed by atoms with Gasteiger partial charge < -0.3 is 10.0 Å². The van der Waals surface area contributed by atoms with Gasteiger partial charge in [0.15, 0.2) is 0 Å². The lowest BCUT2D eigenvalue weighted by atomic mass is 9.79. The number of rotatable bonds is 4. The summed E-state index contributed by atoms with van der Waals surface area (Å²) in [6.45, 7) is 4.11. The molecular weight excluding hydrogens is 583 g/mol. The molecule has 6 aromatic rings. The van der Waals surface area contributed by atoms with Gasteiger partial charge >= 0.3 is 7.12 Å². The predicted octanol–water partition coefficient (Wildman–Crippen LogP) is 7.91. The first-order chi connectivity index (χ1) is 20.4. The molecule has 6 heteroatoms. The second kappa shape index (κ2) is 15.6. The van der Waals surface area contributed by atoms with Crippen LogP contribution in [-0.4, -0.2) is 27.1 Å². The molecule has 6 rings (SSSR count). The lowest BCUT2D eigenvalue weighted by Crippen LogP contribution is -2.29. The summed E-state index contributed by atoms with van der Waals surface area (Å²) >= 11 is 3.28. The third kappa shape index (κ3) is 8.82. The van der Waals surface area contributed by atoms with Crippen molar-refractivity contribution >= 4 is 28.5 Å². The topological polar surface area (TPSA) is 66.2 Å². The molecule has 208 valence electrons. The lowest BCUT2D eigenvalue weighted by Gasteiger charge is -2.07. The minimum Gasteiger partial charge on any atom is -0.423 e. The third-order valence-corrected chi connectivity index (χ3v) is 7.32. The zero-order valence-electron chi connectivity index (χ0n) is 23.6. The SMILES string of the molecule is Cc1cccnc1-c1cccc(-c2ccccc2)c1.Cc1cccnc1Br.OB(O)c1cccc(-c2ccccc2)c1. The quantitative estimate of drug-likeness (QED) is 0.156. The molecule has 4 nitrogen and oxygen atoms in total. The molecule has 0 aliphatic heterocycles. The summed E-state index contributed by atoms with van der Waals surface area (Å²) in [5.41, 5.74) is 9.62. The number of aryl methyl sites for hydroxylation is 2. The molecule has 42 heavy (non-hydrogen) atoms. The van der Waals surface area contributed by atoms with Crippen LogP contribution in [0.5, 0.6) is 0 Å². The monoisotopic (exact) mass is 614 g/mol. The Morgan fingerprint density at radius 1 is 0.500 bits per heavy atom. The van der Waals surface area contributed by atoms with E-state index in [-0.39, 0.29) is 0 Å². The first kappa shape index (κ1) is 30.6. The Morgan fingerprint density at radius 3 is 1.52 bits per heavy atom. The van der Waals surface area contributed by atoms with E-state index in [2.05, 4.69) is 87.4 Å². The van der Waals surface area contributed by atoms with Crippen LogP contribution in [0.3, 0.4) is 0 Å². The Labute approximate surface area is 256 Å². The highest BCUT2D eigenvalue weighted by Gasteiger charge is 2.11. The van der Waals surface area contributed by atoms with Crippen LogP contribution in [0.1, 0.15) is 11.1 Å². The first-order valence-electron chi connectivity index (χ1n) is 13.6. The van der Waals surface area contributed by atoms with E-state index >= 15 is 0 Å². The van der Waals surface area contributed by atoms with E-state index in [4.69, 9.17) is 10.0 Å². The largest absolute Gasteiger partial charge is 0.488 e. The predicted molar refractivity (Wildman–Crippen MR) is 178 cm³/mol. The molecule has 0 fully saturated rings. The Bertz CT molecular complexity index is 1680. The summed E-state index contributed by atoms with van der Waals surface area (Å²) in [7, 11) is -1.41. The minimum absolute atomic E-state index is 0.511. The van der Waals surface area contributed by atoms with Crippen molar-refractivity contribution in [2.24, 2.45) is 0 Å². The highest BCUT2D eigenvalue weighted by atomic mass is 79.9. The second-order valence-corrected chi connectivity index (χ2v) is 10.3. The Kier molecular flexibility index (Phi) is 11.4. The summed E-state index contributed by atoms with van der Waals surface area (Å²) < 4.78 is 0.931. The van der Waals surface area contributed by atoms with E-state index < -0.39 is 7.12 Å². The van der Waals surface area contributed by atoms with Crippen molar-refractivity contribution in [2.75, 3.05) is 0 Å². The van der Waals surface area contributed by atoms with Crippen molar-refractivity contribution in [1.82, 2.24) is 9.97 Å². The summed E-state index contributed by atoms with van der Waals surface area (Å²) in [5.74, 6) is 0. The Morgan fingerprint density at radius 2 is 1.00 bits per heavy atom. The zero-order chi connectivity index (χ0) is 29.7. The van der Waals surface area contributed by atoms with Gasteiger partial charge in [0.1, 0.15) is 4.60 Å². The number of hydrogen-bond acceptors (Lipinski definition) is 4. The average Bonchev–Trinajstić information content (AvgIpc) is 3.04. The molecule has 0 aliphatic carbocycles. The fourth-order valence-corrected chi connectivity index (χ4v) is 4.49. The molecule has 2 aromatic heterocycles. The lowest BCUT2D eigenvalue weighted by molar-refractivity contribution is 0.426. The highest BCUT2D eigenvalue weighted by Crippen LogP contribution is 2.26.